The molecule has 4 aromatic rings. The van der Waals surface area contributed by atoms with Crippen LogP contribution in [0.25, 0.3) is 11.0 Å². The first kappa shape index (κ1) is 25.0. The van der Waals surface area contributed by atoms with Gasteiger partial charge in [0.2, 0.25) is 5.88 Å². The third-order valence-electron chi connectivity index (χ3n) is 8.64. The van der Waals surface area contributed by atoms with Crippen LogP contribution in [-0.2, 0) is 24.3 Å². The molecular formula is C31H33N5O4. The Hall–Kier alpha value is -3.98. The summed E-state index contributed by atoms with van der Waals surface area (Å²) in [4.78, 5) is 28.2. The topological polar surface area (TPSA) is 103 Å². The summed E-state index contributed by atoms with van der Waals surface area (Å²) >= 11 is 0. The molecule has 7 rings (SSSR count). The molecule has 0 spiro atoms. The van der Waals surface area contributed by atoms with Gasteiger partial charge in [-0.1, -0.05) is 12.1 Å². The highest BCUT2D eigenvalue weighted by Crippen LogP contribution is 2.42. The van der Waals surface area contributed by atoms with Crippen LogP contribution in [0.3, 0.4) is 0 Å². The number of nitrogens with zero attached hydrogens (tertiary/aromatic N) is 5. The van der Waals surface area contributed by atoms with Crippen LogP contribution in [0.2, 0.25) is 0 Å². The summed E-state index contributed by atoms with van der Waals surface area (Å²) < 4.78 is 13.9. The number of aromatic carboxylic acids is 1. The Bertz CT molecular complexity index is 1500. The number of rotatable bonds is 9. The molecule has 1 aromatic carbocycles. The lowest BCUT2D eigenvalue weighted by Gasteiger charge is -2.40. The highest BCUT2D eigenvalue weighted by atomic mass is 16.5. The minimum Gasteiger partial charge on any atom is -0.478 e. The molecule has 9 nitrogen and oxygen atoms in total. The van der Waals surface area contributed by atoms with Gasteiger partial charge in [0.25, 0.3) is 0 Å². The maximum absolute atomic E-state index is 11.6. The fraction of sp³-hybridized carbons (Fsp3) is 0.419. The molecular weight excluding hydrogens is 506 g/mol. The number of carbonyl (C=O) groups is 1. The molecule has 0 radical (unpaired) electrons. The number of hydrogen-bond acceptors (Lipinski definition) is 7. The average Bonchev–Trinajstić information content (AvgIpc) is 3.42. The van der Waals surface area contributed by atoms with Crippen LogP contribution in [0.5, 0.6) is 5.88 Å². The second-order valence-corrected chi connectivity index (χ2v) is 11.2. The van der Waals surface area contributed by atoms with Gasteiger partial charge in [0.05, 0.1) is 29.2 Å². The van der Waals surface area contributed by atoms with Gasteiger partial charge in [-0.05, 0) is 68.4 Å². The molecule has 0 amide bonds. The zero-order chi connectivity index (χ0) is 27.1. The number of ether oxygens (including phenoxy) is 2. The van der Waals surface area contributed by atoms with E-state index in [2.05, 4.69) is 20.5 Å². The van der Waals surface area contributed by atoms with Crippen molar-refractivity contribution in [1.29, 1.82) is 0 Å². The number of hydrogen-bond donors (Lipinski definition) is 1. The Morgan fingerprint density at radius 2 is 1.90 bits per heavy atom. The number of imidazole rings is 1. The molecule has 40 heavy (non-hydrogen) atoms. The predicted molar refractivity (Wildman–Crippen MR) is 150 cm³/mol. The number of pyridine rings is 2. The zero-order valence-electron chi connectivity index (χ0n) is 22.4. The van der Waals surface area contributed by atoms with Gasteiger partial charge in [-0.2, -0.15) is 4.98 Å². The number of piperidine rings is 1. The number of fused-ring (bicyclic) bond motifs is 3. The summed E-state index contributed by atoms with van der Waals surface area (Å²) in [5, 5.41) is 9.55. The predicted octanol–water partition coefficient (Wildman–Crippen LogP) is 4.88. The minimum absolute atomic E-state index is 0.168. The second kappa shape index (κ2) is 10.5. The summed E-state index contributed by atoms with van der Waals surface area (Å²) in [5.74, 6) is 2.26. The van der Waals surface area contributed by atoms with Crippen molar-refractivity contribution in [3.8, 4) is 5.88 Å². The fourth-order valence-corrected chi connectivity index (χ4v) is 6.65. The largest absolute Gasteiger partial charge is 0.478 e. The molecule has 3 atom stereocenters. The van der Waals surface area contributed by atoms with Crippen molar-refractivity contribution in [1.82, 2.24) is 19.5 Å². The molecule has 9 heteroatoms. The van der Waals surface area contributed by atoms with E-state index in [1.807, 2.05) is 36.5 Å². The first-order chi connectivity index (χ1) is 19.6. The van der Waals surface area contributed by atoms with Gasteiger partial charge in [0, 0.05) is 49.1 Å². The Kier molecular flexibility index (Phi) is 6.59. The van der Waals surface area contributed by atoms with Crippen molar-refractivity contribution in [2.75, 3.05) is 11.5 Å². The van der Waals surface area contributed by atoms with E-state index in [1.165, 1.54) is 0 Å². The molecule has 3 fully saturated rings. The van der Waals surface area contributed by atoms with Gasteiger partial charge in [-0.3, -0.25) is 4.98 Å². The highest BCUT2D eigenvalue weighted by Gasteiger charge is 2.42. The molecule has 0 aliphatic carbocycles. The normalized spacial score (nSPS) is 23.8. The number of anilines is 1. The van der Waals surface area contributed by atoms with E-state index in [1.54, 1.807) is 18.3 Å². The third kappa shape index (κ3) is 4.90. The second-order valence-electron chi connectivity index (χ2n) is 11.2. The third-order valence-corrected chi connectivity index (χ3v) is 8.64. The van der Waals surface area contributed by atoms with E-state index in [0.717, 1.165) is 79.9 Å². The van der Waals surface area contributed by atoms with Crippen molar-refractivity contribution in [3.05, 3.63) is 77.9 Å². The smallest absolute Gasteiger partial charge is 0.335 e. The van der Waals surface area contributed by atoms with Crippen molar-refractivity contribution in [3.63, 3.8) is 0 Å². The summed E-state index contributed by atoms with van der Waals surface area (Å²) in [5.41, 5.74) is 3.05. The molecule has 0 saturated carbocycles. The van der Waals surface area contributed by atoms with Crippen LogP contribution >= 0.6 is 0 Å². The lowest BCUT2D eigenvalue weighted by atomic mass is 9.88. The number of aromatic nitrogens is 4. The fourth-order valence-electron chi connectivity index (χ4n) is 6.65. The Labute approximate surface area is 232 Å². The first-order valence-electron chi connectivity index (χ1n) is 14.2. The molecule has 2 bridgehead atoms. The molecule has 2 unspecified atom stereocenters. The molecule has 6 heterocycles. The molecule has 3 aliphatic heterocycles. The number of carboxylic acid groups (broad SMARTS) is 1. The lowest BCUT2D eigenvalue weighted by molar-refractivity contribution is -0.0590. The zero-order valence-corrected chi connectivity index (χ0v) is 22.4. The van der Waals surface area contributed by atoms with Gasteiger partial charge in [-0.25, -0.2) is 9.78 Å². The molecule has 1 N–H and O–H groups in total. The van der Waals surface area contributed by atoms with Crippen LogP contribution in [0.4, 0.5) is 5.82 Å². The van der Waals surface area contributed by atoms with E-state index in [0.29, 0.717) is 36.1 Å². The van der Waals surface area contributed by atoms with E-state index in [4.69, 9.17) is 19.4 Å². The van der Waals surface area contributed by atoms with E-state index in [9.17, 15) is 9.90 Å². The van der Waals surface area contributed by atoms with Crippen molar-refractivity contribution < 1.29 is 19.4 Å². The summed E-state index contributed by atoms with van der Waals surface area (Å²) in [6.07, 6.45) is 10.1. The average molecular weight is 540 g/mol. The monoisotopic (exact) mass is 539 g/mol. The molecule has 3 saturated heterocycles. The molecule has 3 aliphatic rings. The molecule has 206 valence electrons. The van der Waals surface area contributed by atoms with Crippen LogP contribution in [0.15, 0.2) is 60.9 Å². The van der Waals surface area contributed by atoms with Gasteiger partial charge in [0.1, 0.15) is 18.2 Å². The van der Waals surface area contributed by atoms with Gasteiger partial charge < -0.3 is 24.0 Å². The van der Waals surface area contributed by atoms with Gasteiger partial charge >= 0.3 is 5.97 Å². The van der Waals surface area contributed by atoms with Gasteiger partial charge in [-0.15, -0.1) is 0 Å². The van der Waals surface area contributed by atoms with E-state index < -0.39 is 5.97 Å². The standard InChI is InChI=1S/C31H33N5O4/c37-31(38)22-6-9-26-27(16-22)35(18-25-10-12-39-25)29(33-26)15-21-13-23-7-8-24(14-21)36(23)28-4-1-5-30(34-28)40-19-20-3-2-11-32-17-20/h1-6,9,11,16-17,21,23-25H,7-8,10,12-15,18-19H2,(H,37,38)/t21?,23?,24?,25-/m0/s1. The van der Waals surface area contributed by atoms with Gasteiger partial charge in [0.15, 0.2) is 0 Å². The van der Waals surface area contributed by atoms with Crippen molar-refractivity contribution >= 4 is 22.8 Å². The van der Waals surface area contributed by atoms with E-state index >= 15 is 0 Å². The quantitative estimate of drug-likeness (QED) is 0.321. The maximum atomic E-state index is 11.6. The molecule has 3 aromatic heterocycles. The minimum atomic E-state index is -0.916. The van der Waals surface area contributed by atoms with Crippen molar-refractivity contribution in [2.45, 2.75) is 69.9 Å². The lowest BCUT2D eigenvalue weighted by Crippen LogP contribution is -2.44. The summed E-state index contributed by atoms with van der Waals surface area (Å²) in [6.45, 7) is 1.95. The number of benzene rings is 1. The van der Waals surface area contributed by atoms with Crippen LogP contribution in [0.1, 0.15) is 53.8 Å². The first-order valence-corrected chi connectivity index (χ1v) is 14.2. The van der Waals surface area contributed by atoms with Crippen LogP contribution in [-0.4, -0.2) is 55.4 Å². The summed E-state index contributed by atoms with van der Waals surface area (Å²) in [7, 11) is 0. The summed E-state index contributed by atoms with van der Waals surface area (Å²) in [6, 6.07) is 16.1. The van der Waals surface area contributed by atoms with Crippen LogP contribution in [0, 0.1) is 5.92 Å². The SMILES string of the molecule is O=C(O)c1ccc2nc(CC3CC4CCC(C3)N4c3cccc(OCc4cccnc4)n3)n(C[C@@H]3CCO3)c2c1. The van der Waals surface area contributed by atoms with E-state index in [-0.39, 0.29) is 6.10 Å². The number of carboxylic acids is 1. The van der Waals surface area contributed by atoms with Crippen LogP contribution < -0.4 is 9.64 Å². The Morgan fingerprint density at radius 1 is 1.05 bits per heavy atom. The Morgan fingerprint density at radius 3 is 2.62 bits per heavy atom. The van der Waals surface area contributed by atoms with Crippen molar-refractivity contribution in [2.24, 2.45) is 5.92 Å². The highest BCUT2D eigenvalue weighted by molar-refractivity contribution is 5.92. The maximum Gasteiger partial charge on any atom is 0.335 e. The Balaban J connectivity index is 1.08.